The fourth-order valence-electron chi connectivity index (χ4n) is 1.42. The number of ether oxygens (including phenoxy) is 1. The van der Waals surface area contributed by atoms with Crippen molar-refractivity contribution in [2.75, 3.05) is 12.4 Å². The van der Waals surface area contributed by atoms with Crippen molar-refractivity contribution in [3.05, 3.63) is 35.7 Å². The van der Waals surface area contributed by atoms with Gasteiger partial charge in [-0.15, -0.1) is 0 Å². The molecule has 4 nitrogen and oxygen atoms in total. The molecule has 2 aromatic rings. The Kier molecular flexibility index (Phi) is 3.36. The number of anilines is 1. The van der Waals surface area contributed by atoms with Crippen molar-refractivity contribution >= 4 is 16.7 Å². The lowest BCUT2D eigenvalue weighted by Crippen LogP contribution is -2.01. The Morgan fingerprint density at radius 2 is 2.31 bits per heavy atom. The van der Waals surface area contributed by atoms with Gasteiger partial charge in [0, 0.05) is 23.6 Å². The van der Waals surface area contributed by atoms with Crippen LogP contribution in [0.3, 0.4) is 0 Å². The molecule has 0 aliphatic heterocycles. The topological polar surface area (TPSA) is 47.0 Å². The van der Waals surface area contributed by atoms with E-state index in [4.69, 9.17) is 4.74 Å². The molecule has 0 fully saturated rings. The van der Waals surface area contributed by atoms with Gasteiger partial charge in [0.2, 0.25) is 5.13 Å². The van der Waals surface area contributed by atoms with Gasteiger partial charge in [-0.3, -0.25) is 0 Å². The Morgan fingerprint density at radius 3 is 3.00 bits per heavy atom. The molecular formula is C11H13N3OS. The molecule has 0 unspecified atom stereocenters. The van der Waals surface area contributed by atoms with Crippen molar-refractivity contribution in [1.29, 1.82) is 0 Å². The number of aryl methyl sites for hydroxylation is 1. The summed E-state index contributed by atoms with van der Waals surface area (Å²) in [6.07, 6.45) is 1.54. The van der Waals surface area contributed by atoms with Gasteiger partial charge in [0.15, 0.2) is 0 Å². The highest BCUT2D eigenvalue weighted by Gasteiger charge is 2.03. The fraction of sp³-hybridized carbons (Fsp3) is 0.273. The van der Waals surface area contributed by atoms with Crippen LogP contribution in [-0.4, -0.2) is 16.5 Å². The van der Waals surface area contributed by atoms with E-state index in [-0.39, 0.29) is 0 Å². The van der Waals surface area contributed by atoms with Gasteiger partial charge in [-0.1, -0.05) is 12.1 Å². The first kappa shape index (κ1) is 10.9. The molecular weight excluding hydrogens is 222 g/mol. The van der Waals surface area contributed by atoms with Gasteiger partial charge in [0.05, 0.1) is 7.11 Å². The molecule has 0 radical (unpaired) electrons. The summed E-state index contributed by atoms with van der Waals surface area (Å²) in [5.74, 6) is 0.900. The molecule has 1 aromatic heterocycles. The smallest absolute Gasteiger partial charge is 0.202 e. The van der Waals surface area contributed by atoms with Crippen LogP contribution >= 0.6 is 11.5 Å². The Morgan fingerprint density at radius 1 is 1.44 bits per heavy atom. The quantitative estimate of drug-likeness (QED) is 0.884. The van der Waals surface area contributed by atoms with E-state index in [2.05, 4.69) is 26.8 Å². The zero-order valence-corrected chi connectivity index (χ0v) is 10.0. The van der Waals surface area contributed by atoms with E-state index in [1.807, 2.05) is 13.0 Å². The minimum Gasteiger partial charge on any atom is -0.496 e. The third kappa shape index (κ3) is 2.49. The minimum atomic E-state index is 0.693. The number of benzene rings is 1. The van der Waals surface area contributed by atoms with Crippen LogP contribution in [0.25, 0.3) is 0 Å². The first-order valence-corrected chi connectivity index (χ1v) is 5.71. The number of hydrogen-bond acceptors (Lipinski definition) is 5. The second kappa shape index (κ2) is 4.94. The number of hydrogen-bond donors (Lipinski definition) is 1. The largest absolute Gasteiger partial charge is 0.496 e. The molecule has 0 spiro atoms. The van der Waals surface area contributed by atoms with Gasteiger partial charge in [0.1, 0.15) is 12.1 Å². The van der Waals surface area contributed by atoms with E-state index in [0.29, 0.717) is 6.54 Å². The predicted octanol–water partition coefficient (Wildman–Crippen LogP) is 2.47. The molecule has 84 valence electrons. The molecule has 0 saturated carbocycles. The van der Waals surface area contributed by atoms with E-state index in [0.717, 1.165) is 16.4 Å². The second-order valence-corrected chi connectivity index (χ2v) is 4.20. The Bertz CT molecular complexity index is 456. The zero-order chi connectivity index (χ0) is 11.4. The number of nitrogens with zero attached hydrogens (tertiary/aromatic N) is 2. The van der Waals surface area contributed by atoms with Crippen LogP contribution in [0.15, 0.2) is 24.5 Å². The molecule has 0 aliphatic rings. The Balaban J connectivity index is 2.09. The van der Waals surface area contributed by atoms with Crippen LogP contribution in [-0.2, 0) is 6.54 Å². The van der Waals surface area contributed by atoms with E-state index < -0.39 is 0 Å². The van der Waals surface area contributed by atoms with Crippen molar-refractivity contribution < 1.29 is 4.74 Å². The van der Waals surface area contributed by atoms with Crippen LogP contribution in [0.2, 0.25) is 0 Å². The highest BCUT2D eigenvalue weighted by molar-refractivity contribution is 7.09. The summed E-state index contributed by atoms with van der Waals surface area (Å²) < 4.78 is 9.25. The van der Waals surface area contributed by atoms with Gasteiger partial charge >= 0.3 is 0 Å². The van der Waals surface area contributed by atoms with Crippen LogP contribution < -0.4 is 10.1 Å². The van der Waals surface area contributed by atoms with Crippen LogP contribution in [0.4, 0.5) is 5.13 Å². The lowest BCUT2D eigenvalue weighted by atomic mass is 10.1. The van der Waals surface area contributed by atoms with E-state index >= 15 is 0 Å². The highest BCUT2D eigenvalue weighted by atomic mass is 32.1. The average molecular weight is 235 g/mol. The average Bonchev–Trinajstić information content (AvgIpc) is 2.80. The molecule has 0 bridgehead atoms. The standard InChI is InChI=1S/C11H13N3OS/c1-8-3-4-9(10(5-8)15-2)6-12-11-13-7-14-16-11/h3-5,7H,6H2,1-2H3,(H,12,13,14). The van der Waals surface area contributed by atoms with Gasteiger partial charge in [0.25, 0.3) is 0 Å². The maximum absolute atomic E-state index is 5.32. The molecule has 0 amide bonds. The first-order valence-electron chi connectivity index (χ1n) is 4.93. The summed E-state index contributed by atoms with van der Waals surface area (Å²) in [7, 11) is 1.68. The van der Waals surface area contributed by atoms with Gasteiger partial charge in [-0.2, -0.15) is 4.37 Å². The van der Waals surface area contributed by atoms with Crippen LogP contribution in [0.5, 0.6) is 5.75 Å². The highest BCUT2D eigenvalue weighted by Crippen LogP contribution is 2.21. The minimum absolute atomic E-state index is 0.693. The first-order chi connectivity index (χ1) is 7.79. The number of methoxy groups -OCH3 is 1. The van der Waals surface area contributed by atoms with Gasteiger partial charge in [-0.05, 0) is 18.6 Å². The van der Waals surface area contributed by atoms with E-state index in [1.54, 1.807) is 13.4 Å². The summed E-state index contributed by atoms with van der Waals surface area (Å²) in [5.41, 5.74) is 2.31. The molecule has 5 heteroatoms. The third-order valence-corrected chi connectivity index (χ3v) is 2.86. The van der Waals surface area contributed by atoms with Crippen molar-refractivity contribution in [3.8, 4) is 5.75 Å². The van der Waals surface area contributed by atoms with E-state index in [9.17, 15) is 0 Å². The fourth-order valence-corrected chi connectivity index (χ4v) is 1.84. The summed E-state index contributed by atoms with van der Waals surface area (Å²) in [4.78, 5) is 4.06. The number of nitrogens with one attached hydrogen (secondary N) is 1. The molecule has 16 heavy (non-hydrogen) atoms. The maximum Gasteiger partial charge on any atom is 0.202 e. The number of rotatable bonds is 4. The normalized spacial score (nSPS) is 10.1. The van der Waals surface area contributed by atoms with E-state index in [1.165, 1.54) is 17.1 Å². The van der Waals surface area contributed by atoms with Crippen molar-refractivity contribution in [3.63, 3.8) is 0 Å². The van der Waals surface area contributed by atoms with Crippen LogP contribution in [0.1, 0.15) is 11.1 Å². The lowest BCUT2D eigenvalue weighted by Gasteiger charge is -2.09. The molecule has 0 atom stereocenters. The molecule has 2 rings (SSSR count). The third-order valence-electron chi connectivity index (χ3n) is 2.23. The summed E-state index contributed by atoms with van der Waals surface area (Å²) in [6, 6.07) is 6.15. The molecule has 0 saturated heterocycles. The molecule has 1 aromatic carbocycles. The van der Waals surface area contributed by atoms with Crippen molar-refractivity contribution in [2.45, 2.75) is 13.5 Å². The summed E-state index contributed by atoms with van der Waals surface area (Å²) in [5, 5.41) is 4.02. The SMILES string of the molecule is COc1cc(C)ccc1CNc1ncns1. The van der Waals surface area contributed by atoms with Crippen molar-refractivity contribution in [1.82, 2.24) is 9.36 Å². The molecule has 1 N–H and O–H groups in total. The zero-order valence-electron chi connectivity index (χ0n) is 9.23. The Labute approximate surface area is 98.5 Å². The predicted molar refractivity (Wildman–Crippen MR) is 65.0 cm³/mol. The van der Waals surface area contributed by atoms with Gasteiger partial charge in [-0.25, -0.2) is 4.98 Å². The lowest BCUT2D eigenvalue weighted by molar-refractivity contribution is 0.410. The van der Waals surface area contributed by atoms with Gasteiger partial charge < -0.3 is 10.1 Å². The molecule has 1 heterocycles. The summed E-state index contributed by atoms with van der Waals surface area (Å²) >= 11 is 1.35. The van der Waals surface area contributed by atoms with Crippen molar-refractivity contribution in [2.24, 2.45) is 0 Å². The summed E-state index contributed by atoms with van der Waals surface area (Å²) in [6.45, 7) is 2.74. The monoisotopic (exact) mass is 235 g/mol. The molecule has 0 aliphatic carbocycles. The maximum atomic E-state index is 5.32. The Hall–Kier alpha value is -1.62. The van der Waals surface area contributed by atoms with Crippen LogP contribution in [0, 0.1) is 6.92 Å². The second-order valence-electron chi connectivity index (χ2n) is 3.42. The number of aromatic nitrogens is 2.